The number of aliphatic imine (C=N–C) groups is 1. The molecule has 0 amide bonds. The Morgan fingerprint density at radius 3 is 2.52 bits per heavy atom. The number of hydrogen-bond acceptors (Lipinski definition) is 3. The van der Waals surface area contributed by atoms with Gasteiger partial charge in [-0.1, -0.05) is 53.2 Å². The Labute approximate surface area is 137 Å². The first-order chi connectivity index (χ1) is 10.2. The van der Waals surface area contributed by atoms with E-state index in [-0.39, 0.29) is 0 Å². The first kappa shape index (κ1) is 14.4. The number of benzene rings is 2. The first-order valence-electron chi connectivity index (χ1n) is 6.26. The van der Waals surface area contributed by atoms with Crippen molar-refractivity contribution in [2.24, 2.45) is 10.1 Å². The minimum atomic E-state index is 0.669. The van der Waals surface area contributed by atoms with Crippen LogP contribution in [0.1, 0.15) is 5.56 Å². The van der Waals surface area contributed by atoms with Crippen molar-refractivity contribution in [1.82, 2.24) is 5.43 Å². The Morgan fingerprint density at radius 2 is 1.86 bits per heavy atom. The molecular formula is C15H11Cl2N3S. The lowest BCUT2D eigenvalue weighted by Gasteiger charge is -2.14. The molecule has 1 heterocycles. The number of nitrogens with one attached hydrogen (secondary N) is 1. The van der Waals surface area contributed by atoms with E-state index in [1.165, 1.54) is 0 Å². The first-order valence-corrected chi connectivity index (χ1v) is 8.00. The molecule has 2 aromatic carbocycles. The number of amidine groups is 1. The van der Waals surface area contributed by atoms with Crippen LogP contribution >= 0.6 is 35.0 Å². The average molecular weight is 336 g/mol. The Balaban J connectivity index is 1.75. The van der Waals surface area contributed by atoms with Gasteiger partial charge in [-0.15, -0.1) is 0 Å². The lowest BCUT2D eigenvalue weighted by Crippen LogP contribution is -2.25. The summed E-state index contributed by atoms with van der Waals surface area (Å²) in [6.45, 7) is 0. The summed E-state index contributed by atoms with van der Waals surface area (Å²) in [5, 5.41) is 6.52. The maximum atomic E-state index is 5.94. The van der Waals surface area contributed by atoms with Crippen molar-refractivity contribution < 1.29 is 0 Å². The Morgan fingerprint density at radius 1 is 1.05 bits per heavy atom. The van der Waals surface area contributed by atoms with Gasteiger partial charge in [0, 0.05) is 15.8 Å². The summed E-state index contributed by atoms with van der Waals surface area (Å²) in [6.07, 6.45) is 0. The van der Waals surface area contributed by atoms with Crippen LogP contribution in [0.4, 0.5) is 5.69 Å². The maximum Gasteiger partial charge on any atom is 0.182 e. The van der Waals surface area contributed by atoms with Crippen molar-refractivity contribution in [2.75, 3.05) is 5.75 Å². The predicted octanol–water partition coefficient (Wildman–Crippen LogP) is 4.72. The van der Waals surface area contributed by atoms with Crippen LogP contribution in [0.5, 0.6) is 0 Å². The van der Waals surface area contributed by atoms with E-state index in [4.69, 9.17) is 23.2 Å². The molecule has 0 spiro atoms. The van der Waals surface area contributed by atoms with E-state index in [1.807, 2.05) is 48.5 Å². The number of halogens is 2. The topological polar surface area (TPSA) is 36.8 Å². The van der Waals surface area contributed by atoms with Crippen molar-refractivity contribution >= 4 is 51.5 Å². The monoisotopic (exact) mass is 335 g/mol. The molecule has 0 saturated heterocycles. The molecule has 0 fully saturated rings. The van der Waals surface area contributed by atoms with Gasteiger partial charge in [0.05, 0.1) is 11.4 Å². The molecule has 6 heteroatoms. The van der Waals surface area contributed by atoms with E-state index in [0.717, 1.165) is 32.9 Å². The zero-order valence-corrected chi connectivity index (χ0v) is 13.2. The molecule has 1 aliphatic rings. The molecule has 0 unspecified atom stereocenters. The second-order valence-electron chi connectivity index (χ2n) is 4.36. The fourth-order valence-corrected chi connectivity index (χ4v) is 2.92. The number of hydrazone groups is 1. The van der Waals surface area contributed by atoms with Gasteiger partial charge in [-0.2, -0.15) is 5.10 Å². The van der Waals surface area contributed by atoms with E-state index in [1.54, 1.807) is 11.8 Å². The summed E-state index contributed by atoms with van der Waals surface area (Å²) >= 11 is 13.4. The van der Waals surface area contributed by atoms with Crippen molar-refractivity contribution in [3.8, 4) is 0 Å². The van der Waals surface area contributed by atoms with Crippen molar-refractivity contribution in [2.45, 2.75) is 0 Å². The Bertz CT molecular complexity index is 711. The highest BCUT2D eigenvalue weighted by molar-refractivity contribution is 8.14. The molecule has 106 valence electrons. The van der Waals surface area contributed by atoms with E-state index in [2.05, 4.69) is 15.5 Å². The molecule has 0 aromatic heterocycles. The zero-order valence-electron chi connectivity index (χ0n) is 10.9. The Hall–Kier alpha value is -1.49. The molecule has 3 rings (SSSR count). The highest BCUT2D eigenvalue weighted by atomic mass is 35.5. The van der Waals surface area contributed by atoms with Gasteiger partial charge in [0.1, 0.15) is 0 Å². The van der Waals surface area contributed by atoms with Gasteiger partial charge in [-0.3, -0.25) is 5.43 Å². The van der Waals surface area contributed by atoms with Crippen LogP contribution in [0.25, 0.3) is 0 Å². The van der Waals surface area contributed by atoms with Crippen LogP contribution in [-0.4, -0.2) is 16.6 Å². The molecule has 1 N–H and O–H groups in total. The van der Waals surface area contributed by atoms with Crippen LogP contribution in [0, 0.1) is 0 Å². The standard InChI is InChI=1S/C15H11Cl2N3S/c16-11-6-4-10(5-7-11)14-9-21-15(20-19-14)18-13-3-1-2-12(17)8-13/h1-8H,9H2,(H,18,20). The molecule has 0 atom stereocenters. The summed E-state index contributed by atoms with van der Waals surface area (Å²) in [5.41, 5.74) is 5.81. The minimum Gasteiger partial charge on any atom is -0.255 e. The van der Waals surface area contributed by atoms with Gasteiger partial charge in [0.25, 0.3) is 0 Å². The molecule has 0 aliphatic carbocycles. The smallest absolute Gasteiger partial charge is 0.182 e. The largest absolute Gasteiger partial charge is 0.255 e. The highest BCUT2D eigenvalue weighted by Crippen LogP contribution is 2.21. The highest BCUT2D eigenvalue weighted by Gasteiger charge is 2.13. The third-order valence-corrected chi connectivity index (χ3v) is 4.21. The van der Waals surface area contributed by atoms with Gasteiger partial charge in [-0.05, 0) is 35.9 Å². The average Bonchev–Trinajstić information content (AvgIpc) is 2.49. The lowest BCUT2D eigenvalue weighted by molar-refractivity contribution is 1.03. The molecule has 3 nitrogen and oxygen atoms in total. The van der Waals surface area contributed by atoms with Crippen LogP contribution in [-0.2, 0) is 0 Å². The van der Waals surface area contributed by atoms with Crippen LogP contribution < -0.4 is 5.43 Å². The lowest BCUT2D eigenvalue weighted by atomic mass is 10.1. The third kappa shape index (κ3) is 3.79. The summed E-state index contributed by atoms with van der Waals surface area (Å²) < 4.78 is 0. The van der Waals surface area contributed by atoms with E-state index in [0.29, 0.717) is 5.02 Å². The van der Waals surface area contributed by atoms with Gasteiger partial charge in [-0.25, -0.2) is 4.99 Å². The van der Waals surface area contributed by atoms with Gasteiger partial charge < -0.3 is 0 Å². The van der Waals surface area contributed by atoms with Crippen LogP contribution in [0.3, 0.4) is 0 Å². The van der Waals surface area contributed by atoms with Crippen molar-refractivity contribution in [3.05, 3.63) is 64.1 Å². The summed E-state index contributed by atoms with van der Waals surface area (Å²) in [4.78, 5) is 4.48. The second kappa shape index (κ2) is 6.52. The third-order valence-electron chi connectivity index (χ3n) is 2.85. The number of nitrogens with zero attached hydrogens (tertiary/aromatic N) is 2. The summed E-state index contributed by atoms with van der Waals surface area (Å²) in [6, 6.07) is 15.1. The molecule has 0 radical (unpaired) electrons. The summed E-state index contributed by atoms with van der Waals surface area (Å²) in [5.74, 6) is 0.758. The van der Waals surface area contributed by atoms with Crippen LogP contribution in [0.2, 0.25) is 10.0 Å². The molecule has 0 bridgehead atoms. The van der Waals surface area contributed by atoms with E-state index in [9.17, 15) is 0 Å². The molecule has 2 aromatic rings. The molecule has 21 heavy (non-hydrogen) atoms. The number of thioether (sulfide) groups is 1. The maximum absolute atomic E-state index is 5.94. The Kier molecular flexibility index (Phi) is 4.48. The van der Waals surface area contributed by atoms with E-state index >= 15 is 0 Å². The normalized spacial score (nSPS) is 16.5. The quantitative estimate of drug-likeness (QED) is 0.861. The molecule has 0 saturated carbocycles. The van der Waals surface area contributed by atoms with Crippen molar-refractivity contribution in [1.29, 1.82) is 0 Å². The SMILES string of the molecule is Clc1ccc(C2=NNC(=Nc3cccc(Cl)c3)SC2)cc1. The fourth-order valence-electron chi connectivity index (χ4n) is 1.83. The second-order valence-corrected chi connectivity index (χ2v) is 6.20. The molecular weight excluding hydrogens is 325 g/mol. The van der Waals surface area contributed by atoms with Gasteiger partial charge >= 0.3 is 0 Å². The predicted molar refractivity (Wildman–Crippen MR) is 92.1 cm³/mol. The zero-order chi connectivity index (χ0) is 14.7. The summed E-state index contributed by atoms with van der Waals surface area (Å²) in [7, 11) is 0. The van der Waals surface area contributed by atoms with Crippen LogP contribution in [0.15, 0.2) is 58.6 Å². The van der Waals surface area contributed by atoms with E-state index < -0.39 is 0 Å². The number of hydrogen-bond donors (Lipinski definition) is 1. The minimum absolute atomic E-state index is 0.669. The van der Waals surface area contributed by atoms with Gasteiger partial charge in [0.2, 0.25) is 0 Å². The van der Waals surface area contributed by atoms with Gasteiger partial charge in [0.15, 0.2) is 5.17 Å². The molecule has 1 aliphatic heterocycles. The fraction of sp³-hybridized carbons (Fsp3) is 0.0667. The number of rotatable bonds is 2. The van der Waals surface area contributed by atoms with Crippen molar-refractivity contribution in [3.63, 3.8) is 0 Å².